The summed E-state index contributed by atoms with van der Waals surface area (Å²) in [6.07, 6.45) is 88.4. The Labute approximate surface area is 483 Å². The summed E-state index contributed by atoms with van der Waals surface area (Å²) in [5.74, 6) is -0.893. The van der Waals surface area contributed by atoms with Gasteiger partial charge in [0.25, 0.3) is 0 Å². The molecule has 448 valence electrons. The molecule has 0 aromatic rings. The fourth-order valence-corrected chi connectivity index (χ4v) is 9.36. The summed E-state index contributed by atoms with van der Waals surface area (Å²) in [5, 5.41) is 0. The minimum Gasteiger partial charge on any atom is -0.462 e. The van der Waals surface area contributed by atoms with Gasteiger partial charge in [0.1, 0.15) is 13.2 Å². The van der Waals surface area contributed by atoms with Gasteiger partial charge in [-0.05, 0) is 103 Å². The lowest BCUT2D eigenvalue weighted by Crippen LogP contribution is -2.30. The first-order chi connectivity index (χ1) is 38.5. The van der Waals surface area contributed by atoms with Crippen LogP contribution in [0.25, 0.3) is 0 Å². The zero-order valence-electron chi connectivity index (χ0n) is 51.4. The van der Waals surface area contributed by atoms with E-state index in [1.165, 1.54) is 161 Å². The van der Waals surface area contributed by atoms with Gasteiger partial charge in [-0.1, -0.05) is 298 Å². The first kappa shape index (κ1) is 74.3. The molecule has 0 spiro atoms. The van der Waals surface area contributed by atoms with Crippen molar-refractivity contribution >= 4 is 17.9 Å². The van der Waals surface area contributed by atoms with E-state index in [-0.39, 0.29) is 31.1 Å². The number of unbranched alkanes of at least 4 members (excludes halogenated alkanes) is 33. The van der Waals surface area contributed by atoms with Crippen molar-refractivity contribution in [1.82, 2.24) is 0 Å². The standard InChI is InChI=1S/C72H124O6/c1-4-7-10-13-16-19-22-25-28-31-32-33-34-35-36-37-38-39-40-42-44-47-50-53-56-59-62-65-71(74)77-68-69(67-76-70(73)64-61-58-55-52-49-46-43-30-27-24-21-18-15-12-9-6-3)78-72(75)66-63-60-57-54-51-48-45-41-29-26-23-20-17-14-11-8-5-2/h7,10,16,19,25-26,28-29,32-33,35-36,38-39,42,44,69H,4-6,8-9,11-15,17-18,20-24,27,30-31,34,37,40-41,43,45-68H2,1-3H3/b10-7-,19-16-,28-25-,29-26-,33-32-,36-35-,39-38-,44-42-. The Morgan fingerprint density at radius 2 is 0.500 bits per heavy atom. The lowest BCUT2D eigenvalue weighted by atomic mass is 10.0. The summed E-state index contributed by atoms with van der Waals surface area (Å²) in [6, 6.07) is 0. The fourth-order valence-electron chi connectivity index (χ4n) is 9.36. The van der Waals surface area contributed by atoms with E-state index in [1.807, 2.05) is 0 Å². The van der Waals surface area contributed by atoms with Crippen LogP contribution >= 0.6 is 0 Å². The van der Waals surface area contributed by atoms with Gasteiger partial charge in [0.05, 0.1) is 0 Å². The highest BCUT2D eigenvalue weighted by molar-refractivity contribution is 5.71. The molecule has 0 saturated carbocycles. The number of allylic oxidation sites excluding steroid dienone is 16. The van der Waals surface area contributed by atoms with Gasteiger partial charge >= 0.3 is 17.9 Å². The summed E-state index contributed by atoms with van der Waals surface area (Å²) < 4.78 is 16.9. The quantitative estimate of drug-likeness (QED) is 0.0261. The minimum atomic E-state index is -0.788. The van der Waals surface area contributed by atoms with Gasteiger partial charge in [0.2, 0.25) is 0 Å². The number of hydrogen-bond donors (Lipinski definition) is 0. The van der Waals surface area contributed by atoms with Gasteiger partial charge < -0.3 is 14.2 Å². The maximum Gasteiger partial charge on any atom is 0.306 e. The van der Waals surface area contributed by atoms with Crippen LogP contribution in [0, 0.1) is 0 Å². The van der Waals surface area contributed by atoms with E-state index in [0.717, 1.165) is 122 Å². The first-order valence-corrected chi connectivity index (χ1v) is 33.2. The lowest BCUT2D eigenvalue weighted by Gasteiger charge is -2.18. The molecule has 6 heteroatoms. The van der Waals surface area contributed by atoms with Gasteiger partial charge in [0.15, 0.2) is 6.10 Å². The van der Waals surface area contributed by atoms with Crippen molar-refractivity contribution in [3.05, 3.63) is 97.2 Å². The number of esters is 3. The van der Waals surface area contributed by atoms with Crippen molar-refractivity contribution < 1.29 is 28.6 Å². The Hall–Kier alpha value is -3.67. The molecule has 0 aliphatic heterocycles. The molecule has 0 heterocycles. The number of ether oxygens (including phenoxy) is 3. The van der Waals surface area contributed by atoms with Gasteiger partial charge in [-0.15, -0.1) is 0 Å². The summed E-state index contributed by atoms with van der Waals surface area (Å²) in [7, 11) is 0. The molecule has 0 aliphatic carbocycles. The molecule has 1 unspecified atom stereocenters. The zero-order chi connectivity index (χ0) is 56.4. The van der Waals surface area contributed by atoms with Gasteiger partial charge in [0, 0.05) is 19.3 Å². The first-order valence-electron chi connectivity index (χ1n) is 33.2. The van der Waals surface area contributed by atoms with E-state index >= 15 is 0 Å². The van der Waals surface area contributed by atoms with Crippen molar-refractivity contribution in [2.45, 2.75) is 329 Å². The van der Waals surface area contributed by atoms with Crippen molar-refractivity contribution in [2.24, 2.45) is 0 Å². The monoisotopic (exact) mass is 1080 g/mol. The van der Waals surface area contributed by atoms with Crippen LogP contribution in [0.2, 0.25) is 0 Å². The van der Waals surface area contributed by atoms with Crippen molar-refractivity contribution in [2.75, 3.05) is 13.2 Å². The molecule has 0 aromatic carbocycles. The van der Waals surface area contributed by atoms with Crippen LogP contribution in [0.15, 0.2) is 97.2 Å². The Bertz CT molecular complexity index is 1530. The van der Waals surface area contributed by atoms with Crippen LogP contribution in [0.1, 0.15) is 323 Å². The second-order valence-electron chi connectivity index (χ2n) is 22.0. The van der Waals surface area contributed by atoms with E-state index in [2.05, 4.69) is 118 Å². The molecule has 0 saturated heterocycles. The molecule has 0 N–H and O–H groups in total. The second-order valence-corrected chi connectivity index (χ2v) is 22.0. The highest BCUT2D eigenvalue weighted by Gasteiger charge is 2.19. The molecule has 1 atom stereocenters. The third-order valence-electron chi connectivity index (χ3n) is 14.3. The summed E-state index contributed by atoms with van der Waals surface area (Å²) in [5.41, 5.74) is 0. The summed E-state index contributed by atoms with van der Waals surface area (Å²) in [6.45, 7) is 6.54. The Morgan fingerprint density at radius 3 is 0.795 bits per heavy atom. The maximum atomic E-state index is 12.9. The molecule has 0 aliphatic rings. The van der Waals surface area contributed by atoms with Crippen LogP contribution in [0.5, 0.6) is 0 Å². The number of rotatable bonds is 60. The van der Waals surface area contributed by atoms with Crippen molar-refractivity contribution in [1.29, 1.82) is 0 Å². The number of hydrogen-bond acceptors (Lipinski definition) is 6. The SMILES string of the molecule is CC/C=C\C/C=C\C/C=C\C/C=C\C/C=C\C/C=C\C/C=C\CCCCCCCC(=O)OCC(COC(=O)CCCCCCCCCCCCCCCCCC)OC(=O)CCCCCCCCC/C=C\CCCCCCCC. The number of carbonyl (C=O) groups excluding carboxylic acids is 3. The fraction of sp³-hybridized carbons (Fsp3) is 0.736. The molecule has 0 radical (unpaired) electrons. The minimum absolute atomic E-state index is 0.0826. The highest BCUT2D eigenvalue weighted by Crippen LogP contribution is 2.16. The Kier molecular flexibility index (Phi) is 62.7. The average molecular weight is 1090 g/mol. The third kappa shape index (κ3) is 63.2. The zero-order valence-corrected chi connectivity index (χ0v) is 51.4. The van der Waals surface area contributed by atoms with E-state index in [0.29, 0.717) is 19.3 Å². The summed E-state index contributed by atoms with van der Waals surface area (Å²) in [4.78, 5) is 38.4. The molecule has 78 heavy (non-hydrogen) atoms. The normalized spacial score (nSPS) is 12.7. The molecule has 0 aromatic heterocycles. The van der Waals surface area contributed by atoms with Crippen LogP contribution in [-0.4, -0.2) is 37.2 Å². The van der Waals surface area contributed by atoms with E-state index < -0.39 is 6.10 Å². The molecule has 6 nitrogen and oxygen atoms in total. The van der Waals surface area contributed by atoms with Crippen LogP contribution in [0.3, 0.4) is 0 Å². The topological polar surface area (TPSA) is 78.9 Å². The Morgan fingerprint density at radius 1 is 0.269 bits per heavy atom. The largest absolute Gasteiger partial charge is 0.462 e. The molecule has 0 bridgehead atoms. The van der Waals surface area contributed by atoms with E-state index in [1.54, 1.807) is 0 Å². The van der Waals surface area contributed by atoms with Crippen LogP contribution in [-0.2, 0) is 28.6 Å². The van der Waals surface area contributed by atoms with Crippen molar-refractivity contribution in [3.63, 3.8) is 0 Å². The highest BCUT2D eigenvalue weighted by atomic mass is 16.6. The molecule has 0 rings (SSSR count). The van der Waals surface area contributed by atoms with E-state index in [4.69, 9.17) is 14.2 Å². The van der Waals surface area contributed by atoms with Gasteiger partial charge in [-0.2, -0.15) is 0 Å². The van der Waals surface area contributed by atoms with Crippen molar-refractivity contribution in [3.8, 4) is 0 Å². The smallest absolute Gasteiger partial charge is 0.306 e. The molecule has 0 amide bonds. The van der Waals surface area contributed by atoms with Crippen LogP contribution < -0.4 is 0 Å². The van der Waals surface area contributed by atoms with Gasteiger partial charge in [-0.3, -0.25) is 14.4 Å². The molecular weight excluding hydrogens is 961 g/mol. The summed E-state index contributed by atoms with van der Waals surface area (Å²) >= 11 is 0. The maximum absolute atomic E-state index is 12.9. The second kappa shape index (κ2) is 65.8. The van der Waals surface area contributed by atoms with E-state index in [9.17, 15) is 14.4 Å². The average Bonchev–Trinajstić information content (AvgIpc) is 3.44. The predicted molar refractivity (Wildman–Crippen MR) is 339 cm³/mol. The predicted octanol–water partition coefficient (Wildman–Crippen LogP) is 22.8. The molecular formula is C72H124O6. The lowest BCUT2D eigenvalue weighted by molar-refractivity contribution is -0.167. The van der Waals surface area contributed by atoms with Crippen LogP contribution in [0.4, 0.5) is 0 Å². The molecule has 0 fully saturated rings. The number of carbonyl (C=O) groups is 3. The Balaban J connectivity index is 4.39. The third-order valence-corrected chi connectivity index (χ3v) is 14.3. The van der Waals surface area contributed by atoms with Gasteiger partial charge in [-0.25, -0.2) is 0 Å².